The zero-order valence-corrected chi connectivity index (χ0v) is 7.79. The minimum atomic E-state index is -1.29. The number of hydrogen-bond acceptors (Lipinski definition) is 2. The molecule has 0 heterocycles. The summed E-state index contributed by atoms with van der Waals surface area (Å²) in [5.41, 5.74) is 0.565. The maximum atomic E-state index is 10.2. The molecule has 0 saturated carbocycles. The SMILES string of the molecule is O=C(O)/N=N/c1cccc2ccccc12. The van der Waals surface area contributed by atoms with E-state index in [4.69, 9.17) is 5.11 Å². The van der Waals surface area contributed by atoms with E-state index < -0.39 is 6.09 Å². The van der Waals surface area contributed by atoms with Gasteiger partial charge in [0.1, 0.15) is 0 Å². The molecular weight excluding hydrogens is 192 g/mol. The maximum absolute atomic E-state index is 10.2. The first-order chi connectivity index (χ1) is 7.27. The predicted molar refractivity (Wildman–Crippen MR) is 56.5 cm³/mol. The highest BCUT2D eigenvalue weighted by Gasteiger charge is 1.98. The van der Waals surface area contributed by atoms with Crippen LogP contribution in [0.15, 0.2) is 52.7 Å². The molecule has 0 aromatic heterocycles. The van der Waals surface area contributed by atoms with E-state index in [2.05, 4.69) is 10.2 Å². The van der Waals surface area contributed by atoms with Crippen LogP contribution in [0.25, 0.3) is 10.8 Å². The number of fused-ring (bicyclic) bond motifs is 1. The topological polar surface area (TPSA) is 62.0 Å². The van der Waals surface area contributed by atoms with Gasteiger partial charge in [-0.1, -0.05) is 41.5 Å². The Bertz CT molecular complexity index is 530. The molecule has 2 aromatic rings. The Morgan fingerprint density at radius 2 is 1.80 bits per heavy atom. The molecule has 0 spiro atoms. The second-order valence-corrected chi connectivity index (χ2v) is 2.98. The van der Waals surface area contributed by atoms with Crippen LogP contribution in [0.5, 0.6) is 0 Å². The molecule has 0 aliphatic rings. The molecule has 4 nitrogen and oxygen atoms in total. The van der Waals surface area contributed by atoms with Gasteiger partial charge >= 0.3 is 6.09 Å². The second kappa shape index (κ2) is 3.88. The first-order valence-corrected chi connectivity index (χ1v) is 4.40. The molecule has 74 valence electrons. The molecule has 1 amide bonds. The summed E-state index contributed by atoms with van der Waals surface area (Å²) < 4.78 is 0. The van der Waals surface area contributed by atoms with Crippen molar-refractivity contribution < 1.29 is 9.90 Å². The van der Waals surface area contributed by atoms with Crippen molar-refractivity contribution in [3.05, 3.63) is 42.5 Å². The third kappa shape index (κ3) is 1.99. The Morgan fingerprint density at radius 3 is 2.60 bits per heavy atom. The Labute approximate surface area is 85.9 Å². The first kappa shape index (κ1) is 9.33. The largest absolute Gasteiger partial charge is 0.462 e. The van der Waals surface area contributed by atoms with Crippen molar-refractivity contribution in [3.63, 3.8) is 0 Å². The van der Waals surface area contributed by atoms with Crippen LogP contribution in [-0.4, -0.2) is 11.2 Å². The average molecular weight is 200 g/mol. The number of amides is 1. The first-order valence-electron chi connectivity index (χ1n) is 4.40. The lowest BCUT2D eigenvalue weighted by Gasteiger charge is -1.98. The van der Waals surface area contributed by atoms with E-state index in [0.29, 0.717) is 5.69 Å². The number of nitrogens with zero attached hydrogens (tertiary/aromatic N) is 2. The van der Waals surface area contributed by atoms with Crippen molar-refractivity contribution >= 4 is 22.6 Å². The van der Waals surface area contributed by atoms with Crippen LogP contribution >= 0.6 is 0 Å². The van der Waals surface area contributed by atoms with E-state index in [-0.39, 0.29) is 0 Å². The van der Waals surface area contributed by atoms with E-state index in [0.717, 1.165) is 10.8 Å². The summed E-state index contributed by atoms with van der Waals surface area (Å²) in [6.45, 7) is 0. The molecule has 1 N–H and O–H groups in total. The Balaban J connectivity index is 2.56. The summed E-state index contributed by atoms with van der Waals surface area (Å²) in [5, 5.41) is 17.0. The van der Waals surface area contributed by atoms with Gasteiger partial charge in [0.05, 0.1) is 5.69 Å². The van der Waals surface area contributed by atoms with E-state index >= 15 is 0 Å². The summed E-state index contributed by atoms with van der Waals surface area (Å²) in [7, 11) is 0. The lowest BCUT2D eigenvalue weighted by molar-refractivity contribution is 0.204. The zero-order valence-electron chi connectivity index (χ0n) is 7.79. The molecule has 0 bridgehead atoms. The van der Waals surface area contributed by atoms with Gasteiger partial charge in [0.2, 0.25) is 0 Å². The maximum Gasteiger partial charge on any atom is 0.449 e. The van der Waals surface area contributed by atoms with Gasteiger partial charge in [-0.05, 0) is 11.5 Å². The zero-order chi connectivity index (χ0) is 10.7. The van der Waals surface area contributed by atoms with Gasteiger partial charge < -0.3 is 5.11 Å². The van der Waals surface area contributed by atoms with Crippen molar-refractivity contribution in [3.8, 4) is 0 Å². The molecule has 0 fully saturated rings. The van der Waals surface area contributed by atoms with Crippen LogP contribution in [0.1, 0.15) is 0 Å². The Hall–Kier alpha value is -2.23. The summed E-state index contributed by atoms with van der Waals surface area (Å²) in [6, 6.07) is 13.1. The van der Waals surface area contributed by atoms with Gasteiger partial charge in [-0.2, -0.15) is 0 Å². The monoisotopic (exact) mass is 200 g/mol. The third-order valence-electron chi connectivity index (χ3n) is 2.01. The molecule has 2 aromatic carbocycles. The number of azo groups is 1. The number of rotatable bonds is 1. The molecule has 0 aliphatic carbocycles. The minimum absolute atomic E-state index is 0.565. The molecule has 15 heavy (non-hydrogen) atoms. The Kier molecular flexibility index (Phi) is 2.41. The van der Waals surface area contributed by atoms with Gasteiger partial charge in [-0.3, -0.25) is 0 Å². The van der Waals surface area contributed by atoms with Crippen molar-refractivity contribution in [1.82, 2.24) is 0 Å². The van der Waals surface area contributed by atoms with E-state index in [9.17, 15) is 4.79 Å². The van der Waals surface area contributed by atoms with Crippen molar-refractivity contribution in [2.24, 2.45) is 10.2 Å². The third-order valence-corrected chi connectivity index (χ3v) is 2.01. The number of benzene rings is 2. The smallest absolute Gasteiger partial charge is 0.449 e. The molecular formula is C11H8N2O2. The van der Waals surface area contributed by atoms with E-state index in [1.165, 1.54) is 0 Å². The van der Waals surface area contributed by atoms with Crippen LogP contribution in [0.4, 0.5) is 10.5 Å². The predicted octanol–water partition coefficient (Wildman–Crippen LogP) is 3.60. The highest BCUT2D eigenvalue weighted by Crippen LogP contribution is 2.25. The highest BCUT2D eigenvalue weighted by molar-refractivity contribution is 5.92. The van der Waals surface area contributed by atoms with Gasteiger partial charge in [-0.25, -0.2) is 4.79 Å². The van der Waals surface area contributed by atoms with Crippen LogP contribution in [0.2, 0.25) is 0 Å². The molecule has 0 radical (unpaired) electrons. The lowest BCUT2D eigenvalue weighted by atomic mass is 10.1. The van der Waals surface area contributed by atoms with Gasteiger partial charge in [0.15, 0.2) is 0 Å². The highest BCUT2D eigenvalue weighted by atomic mass is 16.4. The fourth-order valence-electron chi connectivity index (χ4n) is 1.39. The molecule has 0 aliphatic heterocycles. The van der Waals surface area contributed by atoms with Gasteiger partial charge in [0.25, 0.3) is 0 Å². The van der Waals surface area contributed by atoms with E-state index in [1.54, 1.807) is 6.07 Å². The lowest BCUT2D eigenvalue weighted by Crippen LogP contribution is -1.81. The average Bonchev–Trinajstić information content (AvgIpc) is 2.26. The molecule has 0 unspecified atom stereocenters. The van der Waals surface area contributed by atoms with Crippen LogP contribution < -0.4 is 0 Å². The van der Waals surface area contributed by atoms with Crippen molar-refractivity contribution in [1.29, 1.82) is 0 Å². The summed E-state index contributed by atoms with van der Waals surface area (Å²) in [6.07, 6.45) is -1.29. The number of hydrogen-bond donors (Lipinski definition) is 1. The van der Waals surface area contributed by atoms with Gasteiger partial charge in [-0.15, -0.1) is 5.11 Å². The van der Waals surface area contributed by atoms with Crippen LogP contribution in [0, 0.1) is 0 Å². The Morgan fingerprint density at radius 1 is 1.07 bits per heavy atom. The minimum Gasteiger partial charge on any atom is -0.462 e. The van der Waals surface area contributed by atoms with Crippen molar-refractivity contribution in [2.45, 2.75) is 0 Å². The summed E-state index contributed by atoms with van der Waals surface area (Å²) >= 11 is 0. The molecule has 0 atom stereocenters. The van der Waals surface area contributed by atoms with Gasteiger partial charge in [0, 0.05) is 5.39 Å². The number of carbonyl (C=O) groups is 1. The fourth-order valence-corrected chi connectivity index (χ4v) is 1.39. The summed E-state index contributed by atoms with van der Waals surface area (Å²) in [5.74, 6) is 0. The van der Waals surface area contributed by atoms with Crippen LogP contribution in [-0.2, 0) is 0 Å². The second-order valence-electron chi connectivity index (χ2n) is 2.98. The fraction of sp³-hybridized carbons (Fsp3) is 0. The number of carboxylic acid groups (broad SMARTS) is 1. The molecule has 4 heteroatoms. The normalized spacial score (nSPS) is 10.9. The van der Waals surface area contributed by atoms with E-state index in [1.807, 2.05) is 36.4 Å². The van der Waals surface area contributed by atoms with Crippen LogP contribution in [0.3, 0.4) is 0 Å². The molecule has 0 saturated heterocycles. The molecule has 2 rings (SSSR count). The summed E-state index contributed by atoms with van der Waals surface area (Å²) in [4.78, 5) is 10.2. The van der Waals surface area contributed by atoms with Crippen molar-refractivity contribution in [2.75, 3.05) is 0 Å². The standard InChI is InChI=1S/C11H8N2O2/c14-11(15)13-12-10-7-3-5-8-4-1-2-6-9(8)10/h1-7H,(H,14,15)/b13-12+. The quantitative estimate of drug-likeness (QED) is 0.715.